The van der Waals surface area contributed by atoms with E-state index in [-0.39, 0.29) is 0 Å². The van der Waals surface area contributed by atoms with Crippen molar-refractivity contribution >= 4 is 23.2 Å². The molecule has 1 aromatic rings. The molecule has 0 aromatic heterocycles. The zero-order valence-electron chi connectivity index (χ0n) is 10.2. The van der Waals surface area contributed by atoms with Gasteiger partial charge < -0.3 is 16.4 Å². The lowest BCUT2D eigenvalue weighted by Crippen LogP contribution is -2.33. The van der Waals surface area contributed by atoms with Crippen LogP contribution in [0.15, 0.2) is 18.2 Å². The van der Waals surface area contributed by atoms with Crippen molar-refractivity contribution in [2.75, 3.05) is 25.0 Å². The minimum Gasteiger partial charge on any atom is -0.385 e. The summed E-state index contributed by atoms with van der Waals surface area (Å²) in [5.74, 6) is 0.134. The zero-order valence-corrected chi connectivity index (χ0v) is 11.0. The molecule has 0 radical (unpaired) electrons. The number of nitrogens with one attached hydrogen (secondary N) is 2. The predicted octanol–water partition coefficient (Wildman–Crippen LogP) is 1.85. The first-order chi connectivity index (χ1) is 8.66. The van der Waals surface area contributed by atoms with E-state index in [4.69, 9.17) is 17.3 Å². The van der Waals surface area contributed by atoms with Gasteiger partial charge in [0.2, 0.25) is 5.91 Å². The Morgan fingerprint density at radius 1 is 1.56 bits per heavy atom. The smallest absolute Gasteiger partial charge is 0.250 e. The summed E-state index contributed by atoms with van der Waals surface area (Å²) in [4.78, 5) is 11.2. The quantitative estimate of drug-likeness (QED) is 0.780. The number of rotatable bonds is 4. The Balaban J connectivity index is 1.96. The Kier molecular flexibility index (Phi) is 4.44. The molecule has 18 heavy (non-hydrogen) atoms. The second-order valence-electron chi connectivity index (χ2n) is 4.65. The van der Waals surface area contributed by atoms with E-state index >= 15 is 0 Å². The van der Waals surface area contributed by atoms with Crippen LogP contribution in [-0.4, -0.2) is 25.5 Å². The highest BCUT2D eigenvalue weighted by atomic mass is 35.5. The van der Waals surface area contributed by atoms with E-state index < -0.39 is 5.91 Å². The van der Waals surface area contributed by atoms with Crippen molar-refractivity contribution in [3.63, 3.8) is 0 Å². The number of carbonyl (C=O) groups excluding carboxylic acids is 1. The van der Waals surface area contributed by atoms with Crippen molar-refractivity contribution in [1.82, 2.24) is 5.32 Å². The lowest BCUT2D eigenvalue weighted by atomic mass is 9.99. The Bertz CT molecular complexity index is 430. The average molecular weight is 268 g/mol. The fourth-order valence-corrected chi connectivity index (χ4v) is 2.40. The van der Waals surface area contributed by atoms with Crippen LogP contribution in [-0.2, 0) is 0 Å². The molecule has 4 nitrogen and oxygen atoms in total. The van der Waals surface area contributed by atoms with Crippen LogP contribution in [0.4, 0.5) is 5.69 Å². The van der Waals surface area contributed by atoms with Crippen molar-refractivity contribution in [3.05, 3.63) is 28.8 Å². The van der Waals surface area contributed by atoms with Crippen molar-refractivity contribution < 1.29 is 4.79 Å². The number of halogens is 1. The fourth-order valence-electron chi connectivity index (χ4n) is 2.18. The second-order valence-corrected chi connectivity index (χ2v) is 5.06. The van der Waals surface area contributed by atoms with Gasteiger partial charge >= 0.3 is 0 Å². The van der Waals surface area contributed by atoms with Crippen LogP contribution in [0.3, 0.4) is 0 Å². The monoisotopic (exact) mass is 267 g/mol. The van der Waals surface area contributed by atoms with Crippen molar-refractivity contribution in [2.24, 2.45) is 11.7 Å². The summed E-state index contributed by atoms with van der Waals surface area (Å²) in [5, 5.41) is 7.10. The number of benzene rings is 1. The maximum atomic E-state index is 11.2. The standard InChI is InChI=1S/C13H18ClN3O/c14-12-4-3-10(6-11(12)13(15)18)17-8-9-2-1-5-16-7-9/h3-4,6,9,16-17H,1-2,5,7-8H2,(H2,15,18). The SMILES string of the molecule is NC(=O)c1cc(NCC2CCCNC2)ccc1Cl. The van der Waals surface area contributed by atoms with Crippen molar-refractivity contribution in [1.29, 1.82) is 0 Å². The minimum atomic E-state index is -0.497. The summed E-state index contributed by atoms with van der Waals surface area (Å²) in [6, 6.07) is 5.27. The summed E-state index contributed by atoms with van der Waals surface area (Å²) in [6.07, 6.45) is 2.45. The van der Waals surface area contributed by atoms with Gasteiger partial charge in [-0.15, -0.1) is 0 Å². The molecule has 1 aliphatic rings. The molecule has 0 aliphatic carbocycles. The highest BCUT2D eigenvalue weighted by Gasteiger charge is 2.13. The highest BCUT2D eigenvalue weighted by molar-refractivity contribution is 6.33. The van der Waals surface area contributed by atoms with Gasteiger partial charge in [0.15, 0.2) is 0 Å². The fraction of sp³-hybridized carbons (Fsp3) is 0.462. The second kappa shape index (κ2) is 6.07. The number of carbonyl (C=O) groups is 1. The summed E-state index contributed by atoms with van der Waals surface area (Å²) >= 11 is 5.90. The van der Waals surface area contributed by atoms with Gasteiger partial charge in [0.1, 0.15) is 0 Å². The normalized spacial score (nSPS) is 19.5. The summed E-state index contributed by atoms with van der Waals surface area (Å²) in [7, 11) is 0. The molecule has 5 heteroatoms. The zero-order chi connectivity index (χ0) is 13.0. The van der Waals surface area contributed by atoms with Gasteiger partial charge in [-0.2, -0.15) is 0 Å². The van der Waals surface area contributed by atoms with Crippen LogP contribution < -0.4 is 16.4 Å². The first-order valence-electron chi connectivity index (χ1n) is 6.21. The molecule has 0 spiro atoms. The van der Waals surface area contributed by atoms with Crippen LogP contribution in [0.5, 0.6) is 0 Å². The molecule has 1 fully saturated rings. The van der Waals surface area contributed by atoms with Crippen molar-refractivity contribution in [3.8, 4) is 0 Å². The molecule has 1 heterocycles. The lowest BCUT2D eigenvalue weighted by molar-refractivity contribution is 0.100. The summed E-state index contributed by atoms with van der Waals surface area (Å²) < 4.78 is 0. The number of nitrogens with two attached hydrogens (primary N) is 1. The topological polar surface area (TPSA) is 67.2 Å². The third-order valence-corrected chi connectivity index (χ3v) is 3.56. The van der Waals surface area contributed by atoms with Crippen LogP contribution >= 0.6 is 11.6 Å². The number of primary amides is 1. The van der Waals surface area contributed by atoms with Gasteiger partial charge in [-0.1, -0.05) is 11.6 Å². The molecule has 4 N–H and O–H groups in total. The van der Waals surface area contributed by atoms with Gasteiger partial charge in [0.05, 0.1) is 10.6 Å². The van der Waals surface area contributed by atoms with E-state index in [9.17, 15) is 4.79 Å². The van der Waals surface area contributed by atoms with Gasteiger partial charge in [-0.3, -0.25) is 4.79 Å². The van der Waals surface area contributed by atoms with E-state index in [0.29, 0.717) is 16.5 Å². The summed E-state index contributed by atoms with van der Waals surface area (Å²) in [6.45, 7) is 3.05. The molecular weight excluding hydrogens is 250 g/mol. The molecule has 2 rings (SSSR count). The Labute approximate surface area is 112 Å². The van der Waals surface area contributed by atoms with Crippen LogP contribution in [0, 0.1) is 5.92 Å². The number of hydrogen-bond acceptors (Lipinski definition) is 3. The molecule has 1 unspecified atom stereocenters. The van der Waals surface area contributed by atoms with E-state index in [1.807, 2.05) is 6.07 Å². The number of hydrogen-bond donors (Lipinski definition) is 3. The highest BCUT2D eigenvalue weighted by Crippen LogP contribution is 2.21. The number of amides is 1. The van der Waals surface area contributed by atoms with E-state index in [0.717, 1.165) is 25.3 Å². The lowest BCUT2D eigenvalue weighted by Gasteiger charge is -2.23. The van der Waals surface area contributed by atoms with Crippen LogP contribution in [0.2, 0.25) is 5.02 Å². The van der Waals surface area contributed by atoms with Gasteiger partial charge in [-0.05, 0) is 50.0 Å². The molecule has 98 valence electrons. The first-order valence-corrected chi connectivity index (χ1v) is 6.58. The van der Waals surface area contributed by atoms with Gasteiger partial charge in [-0.25, -0.2) is 0 Å². The van der Waals surface area contributed by atoms with Crippen LogP contribution in [0.25, 0.3) is 0 Å². The number of anilines is 1. The molecular formula is C13H18ClN3O. The maximum Gasteiger partial charge on any atom is 0.250 e. The summed E-state index contributed by atoms with van der Waals surface area (Å²) in [5.41, 5.74) is 6.51. The van der Waals surface area contributed by atoms with E-state index in [1.165, 1.54) is 12.8 Å². The largest absolute Gasteiger partial charge is 0.385 e. The maximum absolute atomic E-state index is 11.2. The van der Waals surface area contributed by atoms with E-state index in [1.54, 1.807) is 12.1 Å². The van der Waals surface area contributed by atoms with Gasteiger partial charge in [0.25, 0.3) is 0 Å². The predicted molar refractivity (Wildman–Crippen MR) is 74.1 cm³/mol. The van der Waals surface area contributed by atoms with Gasteiger partial charge in [0, 0.05) is 12.2 Å². The molecule has 1 aromatic carbocycles. The molecule has 1 aliphatic heterocycles. The number of piperidine rings is 1. The van der Waals surface area contributed by atoms with E-state index in [2.05, 4.69) is 10.6 Å². The molecule has 0 saturated carbocycles. The van der Waals surface area contributed by atoms with Crippen LogP contribution in [0.1, 0.15) is 23.2 Å². The van der Waals surface area contributed by atoms with Crippen molar-refractivity contribution in [2.45, 2.75) is 12.8 Å². The Morgan fingerprint density at radius 3 is 3.06 bits per heavy atom. The molecule has 0 bridgehead atoms. The minimum absolute atomic E-state index is 0.364. The Morgan fingerprint density at radius 2 is 2.39 bits per heavy atom. The molecule has 1 amide bonds. The molecule has 1 saturated heterocycles. The molecule has 1 atom stereocenters. The average Bonchev–Trinajstić information content (AvgIpc) is 2.38. The third-order valence-electron chi connectivity index (χ3n) is 3.23. The Hall–Kier alpha value is -1.26. The third kappa shape index (κ3) is 3.37. The first kappa shape index (κ1) is 13.2.